The van der Waals surface area contributed by atoms with Gasteiger partial charge in [0.1, 0.15) is 55.6 Å². The molecule has 0 spiro atoms. The van der Waals surface area contributed by atoms with E-state index in [2.05, 4.69) is 5.32 Å². The molecule has 4 rings (SSSR count). The van der Waals surface area contributed by atoms with Crippen LogP contribution in [0.25, 0.3) is 6.08 Å². The average Bonchev–Trinajstić information content (AvgIpc) is 3.48. The summed E-state index contributed by atoms with van der Waals surface area (Å²) in [6, 6.07) is 3.06. The molecule has 1 aromatic carbocycles. The van der Waals surface area contributed by atoms with Gasteiger partial charge in [-0.15, -0.1) is 0 Å². The standard InChI is InChI=1S/C25H35NO12/c1-3-4-12(24(34)26-15-16(29)18(31)23-22(17(15)30)35-9-36-23)7-11-5-6-14(13(28)8-11)37-25-20(33)19(32)21(38-25)10(2)27/h5-8,10,15-23,25,27-33H,3-4,9H2,1-2H3,(H,26,34)/b12-7+/t10-,15-,16+,17-,18-,19+,20+,21-,22+,23-,25-/m1/s1. The number of ether oxygens (including phenoxy) is 4. The van der Waals surface area contributed by atoms with Gasteiger partial charge in [0.25, 0.3) is 0 Å². The summed E-state index contributed by atoms with van der Waals surface area (Å²) >= 11 is 0. The summed E-state index contributed by atoms with van der Waals surface area (Å²) in [4.78, 5) is 13.1. The van der Waals surface area contributed by atoms with Gasteiger partial charge in [-0.2, -0.15) is 0 Å². The molecule has 2 aliphatic heterocycles. The zero-order valence-electron chi connectivity index (χ0n) is 21.0. The molecule has 1 aliphatic carbocycles. The number of benzene rings is 1. The molecule has 1 amide bonds. The third-order valence-electron chi connectivity index (χ3n) is 7.01. The fourth-order valence-corrected chi connectivity index (χ4v) is 4.94. The van der Waals surface area contributed by atoms with Gasteiger partial charge in [-0.3, -0.25) is 4.79 Å². The minimum Gasteiger partial charge on any atom is -0.504 e. The number of fused-ring (bicyclic) bond motifs is 1. The first-order valence-corrected chi connectivity index (χ1v) is 12.5. The van der Waals surface area contributed by atoms with Crippen molar-refractivity contribution in [1.29, 1.82) is 0 Å². The molecular weight excluding hydrogens is 506 g/mol. The summed E-state index contributed by atoms with van der Waals surface area (Å²) in [5.74, 6) is -0.965. The highest BCUT2D eigenvalue weighted by atomic mass is 16.7. The first-order valence-electron chi connectivity index (χ1n) is 12.5. The largest absolute Gasteiger partial charge is 0.504 e. The lowest BCUT2D eigenvalue weighted by Gasteiger charge is -2.41. The predicted octanol–water partition coefficient (Wildman–Crippen LogP) is -1.90. The van der Waals surface area contributed by atoms with Crippen molar-refractivity contribution in [1.82, 2.24) is 5.32 Å². The van der Waals surface area contributed by atoms with Crippen LogP contribution in [-0.2, 0) is 19.0 Å². The molecule has 13 nitrogen and oxygen atoms in total. The number of rotatable bonds is 8. The van der Waals surface area contributed by atoms with Gasteiger partial charge in [0.15, 0.2) is 11.5 Å². The molecule has 212 valence electrons. The summed E-state index contributed by atoms with van der Waals surface area (Å²) in [6.07, 6.45) is -9.79. The zero-order chi connectivity index (χ0) is 27.7. The maximum absolute atomic E-state index is 13.1. The van der Waals surface area contributed by atoms with Gasteiger partial charge in [-0.1, -0.05) is 19.4 Å². The number of hydrogen-bond donors (Lipinski definition) is 8. The van der Waals surface area contributed by atoms with Crippen LogP contribution in [0.15, 0.2) is 23.8 Å². The number of carbonyl (C=O) groups is 1. The van der Waals surface area contributed by atoms with E-state index in [1.165, 1.54) is 25.1 Å². The Bertz CT molecular complexity index is 1020. The van der Waals surface area contributed by atoms with Crippen LogP contribution in [0, 0.1) is 0 Å². The molecule has 2 heterocycles. The second-order valence-corrected chi connectivity index (χ2v) is 9.81. The Kier molecular flexibility index (Phi) is 8.92. The molecule has 0 unspecified atom stereocenters. The number of amides is 1. The third kappa shape index (κ3) is 5.66. The van der Waals surface area contributed by atoms with E-state index in [-0.39, 0.29) is 23.9 Å². The van der Waals surface area contributed by atoms with E-state index in [0.29, 0.717) is 18.4 Å². The summed E-state index contributed by atoms with van der Waals surface area (Å²) in [5, 5.41) is 74.4. The first kappa shape index (κ1) is 28.7. The number of aliphatic hydroxyl groups is 6. The zero-order valence-corrected chi connectivity index (χ0v) is 21.0. The Hall–Kier alpha value is -2.33. The summed E-state index contributed by atoms with van der Waals surface area (Å²) in [7, 11) is 0. The summed E-state index contributed by atoms with van der Waals surface area (Å²) in [5.41, 5.74) is 0.721. The van der Waals surface area contributed by atoms with Crippen molar-refractivity contribution in [2.24, 2.45) is 0 Å². The van der Waals surface area contributed by atoms with E-state index in [0.717, 1.165) is 0 Å². The maximum atomic E-state index is 13.1. The van der Waals surface area contributed by atoms with Crippen molar-refractivity contribution >= 4 is 12.0 Å². The van der Waals surface area contributed by atoms with Gasteiger partial charge in [0.2, 0.25) is 12.2 Å². The molecule has 2 saturated heterocycles. The van der Waals surface area contributed by atoms with Crippen molar-refractivity contribution in [3.63, 3.8) is 0 Å². The Morgan fingerprint density at radius 1 is 1.08 bits per heavy atom. The van der Waals surface area contributed by atoms with E-state index in [4.69, 9.17) is 18.9 Å². The van der Waals surface area contributed by atoms with Crippen molar-refractivity contribution in [3.05, 3.63) is 29.3 Å². The van der Waals surface area contributed by atoms with Crippen LogP contribution in [-0.4, -0.2) is 116 Å². The highest BCUT2D eigenvalue weighted by molar-refractivity contribution is 5.98. The topological polar surface area (TPSA) is 208 Å². The Balaban J connectivity index is 1.47. The molecular formula is C25H35NO12. The molecule has 13 heteroatoms. The SMILES string of the molecule is CCC/C(=C\c1ccc(O[C@@H]2O[C@H]([C@@H](C)O)[C@@H](O)[C@@H]2O)c(O)c1)C(=O)N[C@@H]1[C@H](O)[C@@H](O)[C@H]2OCO[C@H]2[C@@H]1O. The number of aromatic hydroxyl groups is 1. The lowest BCUT2D eigenvalue weighted by Crippen LogP contribution is -2.67. The van der Waals surface area contributed by atoms with Crippen molar-refractivity contribution in [3.8, 4) is 11.5 Å². The Morgan fingerprint density at radius 2 is 1.76 bits per heavy atom. The fraction of sp³-hybridized carbons (Fsp3) is 0.640. The quantitative estimate of drug-likeness (QED) is 0.170. The van der Waals surface area contributed by atoms with Gasteiger partial charge in [0, 0.05) is 5.57 Å². The number of hydrogen-bond acceptors (Lipinski definition) is 12. The molecule has 0 radical (unpaired) electrons. The first-order chi connectivity index (χ1) is 18.0. The van der Waals surface area contributed by atoms with Gasteiger partial charge in [0.05, 0.1) is 12.1 Å². The van der Waals surface area contributed by atoms with E-state index < -0.39 is 73.2 Å². The number of phenolic OH excluding ortho intramolecular Hbond substituents is 1. The number of carbonyl (C=O) groups excluding carboxylic acids is 1. The molecule has 38 heavy (non-hydrogen) atoms. The molecule has 3 fully saturated rings. The van der Waals surface area contributed by atoms with Crippen molar-refractivity contribution in [2.75, 3.05) is 6.79 Å². The molecule has 1 aromatic rings. The minimum absolute atomic E-state index is 0.0538. The maximum Gasteiger partial charge on any atom is 0.247 e. The monoisotopic (exact) mass is 541 g/mol. The van der Waals surface area contributed by atoms with Crippen molar-refractivity contribution in [2.45, 2.75) is 94.0 Å². The molecule has 0 bridgehead atoms. The van der Waals surface area contributed by atoms with Crippen LogP contribution >= 0.6 is 0 Å². The van der Waals surface area contributed by atoms with Crippen LogP contribution in [0.1, 0.15) is 32.3 Å². The molecule has 3 aliphatic rings. The van der Waals surface area contributed by atoms with E-state index in [9.17, 15) is 40.5 Å². The number of nitrogens with one attached hydrogen (secondary N) is 1. The third-order valence-corrected chi connectivity index (χ3v) is 7.01. The highest BCUT2D eigenvalue weighted by Crippen LogP contribution is 2.33. The normalized spacial score (nSPS) is 38.1. The number of phenols is 1. The van der Waals surface area contributed by atoms with Gasteiger partial charge < -0.3 is 60.0 Å². The summed E-state index contributed by atoms with van der Waals surface area (Å²) in [6.45, 7) is 3.12. The summed E-state index contributed by atoms with van der Waals surface area (Å²) < 4.78 is 21.4. The van der Waals surface area contributed by atoms with Crippen LogP contribution < -0.4 is 10.1 Å². The molecule has 11 atom stereocenters. The second kappa shape index (κ2) is 11.8. The van der Waals surface area contributed by atoms with Crippen LogP contribution in [0.2, 0.25) is 0 Å². The molecule has 1 saturated carbocycles. The number of aliphatic hydroxyl groups excluding tert-OH is 6. The lowest BCUT2D eigenvalue weighted by atomic mass is 9.83. The van der Waals surface area contributed by atoms with Crippen molar-refractivity contribution < 1.29 is 59.5 Å². The lowest BCUT2D eigenvalue weighted by molar-refractivity contribution is -0.155. The molecule has 8 N–H and O–H groups in total. The predicted molar refractivity (Wildman–Crippen MR) is 129 cm³/mol. The minimum atomic E-state index is -1.49. The molecule has 0 aromatic heterocycles. The Morgan fingerprint density at radius 3 is 2.37 bits per heavy atom. The fourth-order valence-electron chi connectivity index (χ4n) is 4.94. The van der Waals surface area contributed by atoms with E-state index in [1.807, 2.05) is 6.92 Å². The van der Waals surface area contributed by atoms with Gasteiger partial charge >= 0.3 is 0 Å². The van der Waals surface area contributed by atoms with E-state index >= 15 is 0 Å². The second-order valence-electron chi connectivity index (χ2n) is 9.81. The van der Waals surface area contributed by atoms with Gasteiger partial charge in [-0.05, 0) is 37.1 Å². The van der Waals surface area contributed by atoms with Gasteiger partial charge in [-0.25, -0.2) is 0 Å². The average molecular weight is 542 g/mol. The van der Waals surface area contributed by atoms with Crippen LogP contribution in [0.4, 0.5) is 0 Å². The van der Waals surface area contributed by atoms with Crippen LogP contribution in [0.5, 0.6) is 11.5 Å². The highest BCUT2D eigenvalue weighted by Gasteiger charge is 2.53. The van der Waals surface area contributed by atoms with Crippen LogP contribution in [0.3, 0.4) is 0 Å². The van der Waals surface area contributed by atoms with E-state index in [1.54, 1.807) is 6.07 Å². The smallest absolute Gasteiger partial charge is 0.247 e. The Labute approximate surface area is 218 Å².